The van der Waals surface area contributed by atoms with Crippen LogP contribution >= 0.6 is 0 Å². The molecule has 0 bridgehead atoms. The van der Waals surface area contributed by atoms with Crippen molar-refractivity contribution in [2.75, 3.05) is 14.7 Å². The molecule has 5 heteroatoms. The van der Waals surface area contributed by atoms with E-state index >= 15 is 0 Å². The first-order valence-electron chi connectivity index (χ1n) is 30.1. The fourth-order valence-corrected chi connectivity index (χ4v) is 13.1. The van der Waals surface area contributed by atoms with Gasteiger partial charge in [-0.25, -0.2) is 0 Å². The van der Waals surface area contributed by atoms with E-state index in [9.17, 15) is 0 Å². The molecule has 1 aromatic heterocycles. The normalized spacial score (nSPS) is 13.2. The maximum atomic E-state index is 2.61. The zero-order valence-corrected chi connectivity index (χ0v) is 51.3. The van der Waals surface area contributed by atoms with Crippen LogP contribution in [-0.2, 0) is 28.7 Å². The summed E-state index contributed by atoms with van der Waals surface area (Å²) in [6.07, 6.45) is 0. The van der Waals surface area contributed by atoms with Gasteiger partial charge in [0.25, 0.3) is 6.71 Å². The van der Waals surface area contributed by atoms with Crippen molar-refractivity contribution in [2.45, 2.75) is 105 Å². The molecule has 0 unspecified atom stereocenters. The number of rotatable bonds is 8. The number of fused-ring (bicyclic) bond motifs is 6. The van der Waals surface area contributed by atoms with Crippen LogP contribution in [0, 0.1) is 0 Å². The van der Waals surface area contributed by atoms with Crippen LogP contribution in [0.4, 0.5) is 51.2 Å². The Hall–Kier alpha value is -8.80. The van der Waals surface area contributed by atoms with Crippen LogP contribution < -0.4 is 31.2 Å². The molecule has 13 rings (SSSR count). The molecule has 0 aliphatic carbocycles. The molecule has 2 aliphatic heterocycles. The van der Waals surface area contributed by atoms with Crippen LogP contribution in [0.5, 0.6) is 0 Å². The summed E-state index contributed by atoms with van der Waals surface area (Å²) in [6.45, 7) is 27.5. The first kappa shape index (κ1) is 54.5. The van der Waals surface area contributed by atoms with E-state index in [-0.39, 0.29) is 28.4 Å². The lowest BCUT2D eigenvalue weighted by molar-refractivity contribution is 0.590. The zero-order valence-electron chi connectivity index (χ0n) is 51.3. The topological polar surface area (TPSA) is 14.7 Å². The van der Waals surface area contributed by atoms with Gasteiger partial charge in [0.1, 0.15) is 0 Å². The average Bonchev–Trinajstić information content (AvgIpc) is 1.32. The number of nitrogens with zero attached hydrogens (tertiary/aromatic N) is 4. The van der Waals surface area contributed by atoms with Gasteiger partial charge in [0.15, 0.2) is 0 Å². The highest BCUT2D eigenvalue weighted by molar-refractivity contribution is 7.00. The second-order valence-electron chi connectivity index (χ2n) is 27.6. The summed E-state index contributed by atoms with van der Waals surface area (Å²) in [7, 11) is 2.30. The summed E-state index contributed by atoms with van der Waals surface area (Å²) >= 11 is 0. The van der Waals surface area contributed by atoms with E-state index in [1.807, 2.05) is 0 Å². The molecule has 416 valence electrons. The Morgan fingerprint density at radius 3 is 1.27 bits per heavy atom. The van der Waals surface area contributed by atoms with Gasteiger partial charge in [0.2, 0.25) is 0 Å². The van der Waals surface area contributed by atoms with Crippen molar-refractivity contribution < 1.29 is 0 Å². The van der Waals surface area contributed by atoms with Crippen molar-refractivity contribution in [1.29, 1.82) is 0 Å². The first-order valence-corrected chi connectivity index (χ1v) is 30.1. The summed E-state index contributed by atoms with van der Waals surface area (Å²) in [5.41, 5.74) is 27.7. The smallest absolute Gasteiger partial charge is 0.272 e. The predicted octanol–water partition coefficient (Wildman–Crippen LogP) is 19.9. The van der Waals surface area contributed by atoms with E-state index in [1.54, 1.807) is 0 Å². The molecule has 0 saturated carbocycles. The average molecular weight is 1090 g/mol. The van der Waals surface area contributed by atoms with Crippen molar-refractivity contribution in [3.05, 3.63) is 253 Å². The molecule has 3 heterocycles. The molecule has 84 heavy (non-hydrogen) atoms. The third-order valence-electron chi connectivity index (χ3n) is 17.8. The van der Waals surface area contributed by atoms with Crippen molar-refractivity contribution in [3.8, 4) is 33.4 Å². The predicted molar refractivity (Wildman–Crippen MR) is 363 cm³/mol. The van der Waals surface area contributed by atoms with Crippen LogP contribution in [0.3, 0.4) is 0 Å². The quantitative estimate of drug-likeness (QED) is 0.141. The number of hydrogen-bond acceptors (Lipinski definition) is 3. The molecule has 11 aromatic rings. The summed E-state index contributed by atoms with van der Waals surface area (Å²) in [5, 5.41) is 1.21. The Labute approximate surface area is 499 Å². The van der Waals surface area contributed by atoms with Gasteiger partial charge >= 0.3 is 0 Å². The third kappa shape index (κ3) is 9.52. The fraction of sp³-hybridized carbons (Fsp3) is 0.215. The first-order chi connectivity index (χ1) is 40.1. The SMILES string of the molecule is Cn1c2c(c3cc(-c4ccccc4-c4ccccc4)ccc31)N(c1ccc(C(C)(C)C)cc1)c1cc(-c3ccccc3)cc3c1B2c1ccc(N(c2ccc(C(C)(C)C)cc2)c2ccc(C(C)(C)C)cc2)cc1N3c1ccc(C(C)(C)C)cc1. The molecule has 0 N–H and O–H groups in total. The third-order valence-corrected chi connectivity index (χ3v) is 17.8. The number of benzene rings is 10. The molecular weight excluding hydrogens is 1020 g/mol. The Morgan fingerprint density at radius 2 is 0.774 bits per heavy atom. The highest BCUT2D eigenvalue weighted by Crippen LogP contribution is 2.51. The van der Waals surface area contributed by atoms with Gasteiger partial charge in [-0.05, 0) is 173 Å². The number of anilines is 9. The van der Waals surface area contributed by atoms with E-state index in [0.29, 0.717) is 0 Å². The number of aromatic nitrogens is 1. The minimum absolute atomic E-state index is 0.0116. The van der Waals surface area contributed by atoms with Gasteiger partial charge in [-0.2, -0.15) is 0 Å². The molecule has 0 saturated heterocycles. The largest absolute Gasteiger partial charge is 0.353 e. The lowest BCUT2D eigenvalue weighted by Gasteiger charge is -2.44. The van der Waals surface area contributed by atoms with E-state index in [0.717, 1.165) is 39.7 Å². The molecule has 0 spiro atoms. The van der Waals surface area contributed by atoms with E-state index in [2.05, 4.69) is 340 Å². The minimum Gasteiger partial charge on any atom is -0.353 e. The zero-order chi connectivity index (χ0) is 58.6. The van der Waals surface area contributed by atoms with Gasteiger partial charge in [-0.3, -0.25) is 0 Å². The maximum absolute atomic E-state index is 2.61. The van der Waals surface area contributed by atoms with Crippen LogP contribution in [0.15, 0.2) is 231 Å². The Kier molecular flexibility index (Phi) is 13.1. The minimum atomic E-state index is -0.142. The molecule has 0 fully saturated rings. The second-order valence-corrected chi connectivity index (χ2v) is 27.6. The van der Waals surface area contributed by atoms with Crippen LogP contribution in [0.1, 0.15) is 105 Å². The second kappa shape index (κ2) is 20.2. The lowest BCUT2D eigenvalue weighted by Crippen LogP contribution is -2.62. The van der Waals surface area contributed by atoms with Crippen molar-refractivity contribution >= 4 is 85.3 Å². The number of hydrogen-bond donors (Lipinski definition) is 0. The van der Waals surface area contributed by atoms with E-state index in [1.165, 1.54) is 94.6 Å². The Balaban J connectivity index is 1.13. The monoisotopic (exact) mass is 1090 g/mol. The summed E-state index contributed by atoms with van der Waals surface area (Å²) < 4.78 is 2.52. The van der Waals surface area contributed by atoms with E-state index < -0.39 is 0 Å². The number of aryl methyl sites for hydroxylation is 1. The van der Waals surface area contributed by atoms with Crippen LogP contribution in [-0.4, -0.2) is 11.3 Å². The van der Waals surface area contributed by atoms with Crippen molar-refractivity contribution in [1.82, 2.24) is 4.57 Å². The lowest BCUT2D eigenvalue weighted by atomic mass is 9.35. The van der Waals surface area contributed by atoms with Crippen LogP contribution in [0.25, 0.3) is 44.3 Å². The Morgan fingerprint density at radius 1 is 0.345 bits per heavy atom. The summed E-state index contributed by atoms with van der Waals surface area (Å²) in [6, 6.07) is 87.5. The maximum Gasteiger partial charge on any atom is 0.272 e. The highest BCUT2D eigenvalue weighted by atomic mass is 15.2. The fourth-order valence-electron chi connectivity index (χ4n) is 13.1. The molecule has 10 aromatic carbocycles. The van der Waals surface area contributed by atoms with Gasteiger partial charge in [0.05, 0.1) is 5.69 Å². The molecule has 2 aliphatic rings. The molecule has 0 atom stereocenters. The van der Waals surface area contributed by atoms with E-state index in [4.69, 9.17) is 0 Å². The Bertz CT molecular complexity index is 4200. The van der Waals surface area contributed by atoms with Crippen molar-refractivity contribution in [3.63, 3.8) is 0 Å². The standard InChI is InChI=1S/C79H77BN4/c1-76(2,3)56-29-37-60(38-30-56)82(61-39-31-57(32-40-61)77(4,5)6)64-45-46-68-70(51-64)83(62-41-33-58(34-42-62)78(7,8)9)71-49-55(52-22-16-14-17-23-52)50-72-73(71)80(68)75-74(84(72)63-43-35-59(36-44-63)79(10,11)12)67-48-54(28-47-69(67)81(75)13)66-27-21-20-26-65(66)53-24-18-15-19-25-53/h14-51H,1-13H3. The van der Waals surface area contributed by atoms with Gasteiger partial charge in [-0.15, -0.1) is 0 Å². The molecular formula is C79H77BN4. The van der Waals surface area contributed by atoms with Gasteiger partial charge < -0.3 is 19.3 Å². The van der Waals surface area contributed by atoms with Crippen molar-refractivity contribution in [2.24, 2.45) is 7.05 Å². The molecule has 4 nitrogen and oxygen atoms in total. The molecule has 0 amide bonds. The molecule has 0 radical (unpaired) electrons. The summed E-state index contributed by atoms with van der Waals surface area (Å²) in [4.78, 5) is 7.66. The van der Waals surface area contributed by atoms with Gasteiger partial charge in [0, 0.05) is 69.0 Å². The highest BCUT2D eigenvalue weighted by Gasteiger charge is 2.47. The van der Waals surface area contributed by atoms with Crippen LogP contribution in [0.2, 0.25) is 0 Å². The van der Waals surface area contributed by atoms with Gasteiger partial charge in [-0.1, -0.05) is 229 Å². The summed E-state index contributed by atoms with van der Waals surface area (Å²) in [5.74, 6) is 0.